The number of carbonyl (C=O) groups excluding carboxylic acids is 1. The number of carbonyl (C=O) groups is 2. The molecule has 4 nitrogen and oxygen atoms in total. The maximum Gasteiger partial charge on any atom is 0.338 e. The number of benzene rings is 1. The van der Waals surface area contributed by atoms with Crippen molar-refractivity contribution in [3.63, 3.8) is 0 Å². The van der Waals surface area contributed by atoms with Gasteiger partial charge < -0.3 is 9.84 Å². The number of unbranched alkanes of at least 4 members (excludes halogenated alkanes) is 1. The third-order valence-electron chi connectivity index (χ3n) is 2.75. The van der Waals surface area contributed by atoms with Gasteiger partial charge in [-0.2, -0.15) is 0 Å². The van der Waals surface area contributed by atoms with Crippen molar-refractivity contribution in [1.82, 2.24) is 0 Å². The van der Waals surface area contributed by atoms with Crippen LogP contribution in [-0.2, 0) is 9.53 Å². The summed E-state index contributed by atoms with van der Waals surface area (Å²) in [6, 6.07) is 6.67. The van der Waals surface area contributed by atoms with Gasteiger partial charge in [0.15, 0.2) is 0 Å². The molecule has 0 spiro atoms. The molecule has 1 aromatic rings. The molecule has 0 saturated heterocycles. The number of carboxylic acid groups (broad SMARTS) is 1. The Labute approximate surface area is 107 Å². The summed E-state index contributed by atoms with van der Waals surface area (Å²) in [5, 5.41) is 9.00. The minimum absolute atomic E-state index is 0.337. The normalized spacial score (nSPS) is 11.9. The van der Waals surface area contributed by atoms with E-state index in [0.717, 1.165) is 12.8 Å². The van der Waals surface area contributed by atoms with Crippen LogP contribution in [0, 0.1) is 0 Å². The van der Waals surface area contributed by atoms with E-state index in [1.807, 2.05) is 6.92 Å². The van der Waals surface area contributed by atoms with Crippen molar-refractivity contribution in [3.8, 4) is 0 Å². The van der Waals surface area contributed by atoms with Crippen LogP contribution in [0.2, 0.25) is 0 Å². The van der Waals surface area contributed by atoms with E-state index >= 15 is 0 Å². The summed E-state index contributed by atoms with van der Waals surface area (Å²) in [5.74, 6) is -2.13. The number of rotatable bonds is 6. The molecule has 0 aliphatic rings. The van der Waals surface area contributed by atoms with E-state index in [4.69, 9.17) is 9.84 Å². The number of esters is 1. The minimum Gasteiger partial charge on any atom is -0.481 e. The number of ether oxygens (including phenoxy) is 1. The van der Waals surface area contributed by atoms with Gasteiger partial charge in [-0.15, -0.1) is 0 Å². The molecule has 1 aromatic carbocycles. The van der Waals surface area contributed by atoms with Gasteiger partial charge in [-0.1, -0.05) is 31.5 Å². The molecule has 0 saturated carbocycles. The lowest BCUT2D eigenvalue weighted by Gasteiger charge is -2.12. The fourth-order valence-electron chi connectivity index (χ4n) is 1.58. The molecule has 0 heterocycles. The second-order valence-corrected chi connectivity index (χ2v) is 4.14. The van der Waals surface area contributed by atoms with Crippen LogP contribution in [-0.4, -0.2) is 23.7 Å². The zero-order chi connectivity index (χ0) is 13.5. The molecule has 0 amide bonds. The average Bonchev–Trinajstić information content (AvgIpc) is 2.38. The maximum absolute atomic E-state index is 11.9. The quantitative estimate of drug-likeness (QED) is 0.623. The van der Waals surface area contributed by atoms with E-state index in [1.165, 1.54) is 0 Å². The van der Waals surface area contributed by atoms with Crippen molar-refractivity contribution in [2.45, 2.75) is 32.6 Å². The van der Waals surface area contributed by atoms with Crippen molar-refractivity contribution in [2.75, 3.05) is 6.61 Å². The fraction of sp³-hybridized carbons (Fsp3) is 0.429. The van der Waals surface area contributed by atoms with Crippen LogP contribution in [0.25, 0.3) is 0 Å². The maximum atomic E-state index is 11.9. The molecule has 0 aliphatic carbocycles. The first-order valence-corrected chi connectivity index (χ1v) is 6.06. The van der Waals surface area contributed by atoms with Crippen LogP contribution < -0.4 is 0 Å². The van der Waals surface area contributed by atoms with Gasteiger partial charge in [-0.3, -0.25) is 4.79 Å². The van der Waals surface area contributed by atoms with Gasteiger partial charge in [0.05, 0.1) is 18.1 Å². The Hall–Kier alpha value is -1.84. The van der Waals surface area contributed by atoms with E-state index in [0.29, 0.717) is 17.7 Å². The fourth-order valence-corrected chi connectivity index (χ4v) is 1.58. The minimum atomic E-state index is -0.955. The van der Waals surface area contributed by atoms with Crippen LogP contribution in [0.15, 0.2) is 24.3 Å². The van der Waals surface area contributed by atoms with Gasteiger partial charge in [0, 0.05) is 0 Å². The average molecular weight is 250 g/mol. The van der Waals surface area contributed by atoms with Crippen LogP contribution in [0.1, 0.15) is 48.5 Å². The Morgan fingerprint density at radius 3 is 2.61 bits per heavy atom. The number of hydrogen-bond acceptors (Lipinski definition) is 3. The Kier molecular flexibility index (Phi) is 5.36. The van der Waals surface area contributed by atoms with Crippen molar-refractivity contribution in [2.24, 2.45) is 0 Å². The van der Waals surface area contributed by atoms with Gasteiger partial charge in [-0.05, 0) is 25.0 Å². The lowest BCUT2D eigenvalue weighted by atomic mass is 9.96. The summed E-state index contributed by atoms with van der Waals surface area (Å²) in [6.45, 7) is 3.93. The predicted molar refractivity (Wildman–Crippen MR) is 67.7 cm³/mol. The second-order valence-electron chi connectivity index (χ2n) is 4.14. The Morgan fingerprint density at radius 2 is 2.00 bits per heavy atom. The molecule has 0 bridgehead atoms. The van der Waals surface area contributed by atoms with E-state index in [-0.39, 0.29) is 0 Å². The highest BCUT2D eigenvalue weighted by Crippen LogP contribution is 2.21. The van der Waals surface area contributed by atoms with E-state index in [9.17, 15) is 9.59 Å². The summed E-state index contributed by atoms with van der Waals surface area (Å²) in [6.07, 6.45) is 1.75. The Morgan fingerprint density at radius 1 is 1.33 bits per heavy atom. The summed E-state index contributed by atoms with van der Waals surface area (Å²) in [5.41, 5.74) is 0.829. The molecule has 1 unspecified atom stereocenters. The van der Waals surface area contributed by atoms with E-state index in [1.54, 1.807) is 31.2 Å². The molecule has 0 aliphatic heterocycles. The lowest BCUT2D eigenvalue weighted by molar-refractivity contribution is -0.138. The largest absolute Gasteiger partial charge is 0.481 e. The monoisotopic (exact) mass is 250 g/mol. The first-order chi connectivity index (χ1) is 8.57. The zero-order valence-corrected chi connectivity index (χ0v) is 10.7. The summed E-state index contributed by atoms with van der Waals surface area (Å²) < 4.78 is 5.11. The SMILES string of the molecule is CCCCOC(=O)c1ccccc1C(C)C(=O)O. The van der Waals surface area contributed by atoms with Crippen molar-refractivity contribution >= 4 is 11.9 Å². The third-order valence-corrected chi connectivity index (χ3v) is 2.75. The molecule has 1 atom stereocenters. The van der Waals surface area contributed by atoms with Crippen molar-refractivity contribution in [1.29, 1.82) is 0 Å². The van der Waals surface area contributed by atoms with Gasteiger partial charge >= 0.3 is 11.9 Å². The highest BCUT2D eigenvalue weighted by molar-refractivity contribution is 5.93. The standard InChI is InChI=1S/C14H18O4/c1-3-4-9-18-14(17)12-8-6-5-7-11(12)10(2)13(15)16/h5-8,10H,3-4,9H2,1-2H3,(H,15,16). The number of carboxylic acids is 1. The highest BCUT2D eigenvalue weighted by atomic mass is 16.5. The van der Waals surface area contributed by atoms with Gasteiger partial charge in [0.25, 0.3) is 0 Å². The van der Waals surface area contributed by atoms with Crippen LogP contribution >= 0.6 is 0 Å². The molecule has 0 aromatic heterocycles. The number of hydrogen-bond donors (Lipinski definition) is 1. The summed E-state index contributed by atoms with van der Waals surface area (Å²) in [4.78, 5) is 22.8. The molecule has 0 fully saturated rings. The number of aliphatic carboxylic acids is 1. The molecule has 18 heavy (non-hydrogen) atoms. The van der Waals surface area contributed by atoms with E-state index < -0.39 is 17.9 Å². The first kappa shape index (κ1) is 14.2. The third kappa shape index (κ3) is 3.58. The molecular weight excluding hydrogens is 232 g/mol. The molecular formula is C14H18O4. The Balaban J connectivity index is 2.88. The van der Waals surface area contributed by atoms with Crippen LogP contribution in [0.5, 0.6) is 0 Å². The van der Waals surface area contributed by atoms with Gasteiger partial charge in [-0.25, -0.2) is 4.79 Å². The first-order valence-electron chi connectivity index (χ1n) is 6.06. The molecule has 98 valence electrons. The molecule has 4 heteroatoms. The topological polar surface area (TPSA) is 63.6 Å². The lowest BCUT2D eigenvalue weighted by Crippen LogP contribution is -2.15. The van der Waals surface area contributed by atoms with Crippen molar-refractivity contribution < 1.29 is 19.4 Å². The van der Waals surface area contributed by atoms with Crippen LogP contribution in [0.3, 0.4) is 0 Å². The summed E-state index contributed by atoms with van der Waals surface area (Å²) >= 11 is 0. The second kappa shape index (κ2) is 6.79. The van der Waals surface area contributed by atoms with Gasteiger partial charge in [0.1, 0.15) is 0 Å². The summed E-state index contributed by atoms with van der Waals surface area (Å²) in [7, 11) is 0. The van der Waals surface area contributed by atoms with Crippen LogP contribution in [0.4, 0.5) is 0 Å². The molecule has 1 N–H and O–H groups in total. The predicted octanol–water partition coefficient (Wildman–Crippen LogP) is 2.83. The smallest absolute Gasteiger partial charge is 0.338 e. The molecule has 1 rings (SSSR count). The Bertz CT molecular complexity index is 426. The van der Waals surface area contributed by atoms with Crippen molar-refractivity contribution in [3.05, 3.63) is 35.4 Å². The van der Waals surface area contributed by atoms with E-state index in [2.05, 4.69) is 0 Å². The highest BCUT2D eigenvalue weighted by Gasteiger charge is 2.21. The van der Waals surface area contributed by atoms with Gasteiger partial charge in [0.2, 0.25) is 0 Å². The molecule has 0 radical (unpaired) electrons. The zero-order valence-electron chi connectivity index (χ0n) is 10.7.